The zero-order valence-corrected chi connectivity index (χ0v) is 28.1. The van der Waals surface area contributed by atoms with Crippen LogP contribution >= 0.6 is 11.6 Å². The van der Waals surface area contributed by atoms with Crippen LogP contribution in [-0.2, 0) is 13.3 Å². The molecule has 0 bridgehead atoms. The van der Waals surface area contributed by atoms with Gasteiger partial charge in [0.2, 0.25) is 0 Å². The third kappa shape index (κ3) is 26.6. The van der Waals surface area contributed by atoms with E-state index in [0.717, 1.165) is 11.9 Å². The zero-order valence-electron chi connectivity index (χ0n) is 26.3. The molecule has 0 N–H and O–H groups in total. The van der Waals surface area contributed by atoms with Crippen molar-refractivity contribution in [2.24, 2.45) is 0 Å². The molecular weight excluding hydrogens is 508 g/mol. The molecule has 0 heterocycles. The predicted octanol–water partition coefficient (Wildman–Crippen LogP) is 12.0. The van der Waals surface area contributed by atoms with E-state index in [1.165, 1.54) is 161 Å². The Hall–Kier alpha value is 0.387. The molecule has 5 heteroatoms. The average Bonchev–Trinajstić information content (AvgIpc) is 2.91. The number of hydrogen-bond acceptors (Lipinski definition) is 3. The van der Waals surface area contributed by atoms with Crippen molar-refractivity contribution in [1.29, 1.82) is 0 Å². The Kier molecular flexibility index (Phi) is 32.2. The van der Waals surface area contributed by atoms with Gasteiger partial charge in [0, 0.05) is 31.7 Å². The first-order valence-corrected chi connectivity index (χ1v) is 19.7. The van der Waals surface area contributed by atoms with Crippen LogP contribution in [0.4, 0.5) is 0 Å². The zero-order chi connectivity index (χ0) is 27.8. The topological polar surface area (TPSA) is 27.7 Å². The lowest BCUT2D eigenvalue weighted by Gasteiger charge is -2.28. The maximum absolute atomic E-state index is 5.96. The van der Waals surface area contributed by atoms with Crippen molar-refractivity contribution < 1.29 is 13.3 Å². The summed E-state index contributed by atoms with van der Waals surface area (Å²) in [5.41, 5.74) is 0. The molecule has 38 heavy (non-hydrogen) atoms. The van der Waals surface area contributed by atoms with E-state index in [2.05, 4.69) is 0 Å². The lowest BCUT2D eigenvalue weighted by atomic mass is 10.0. The van der Waals surface area contributed by atoms with Crippen LogP contribution in [0.3, 0.4) is 0 Å². The van der Waals surface area contributed by atoms with E-state index in [9.17, 15) is 0 Å². The van der Waals surface area contributed by atoms with Crippen molar-refractivity contribution in [2.75, 3.05) is 25.7 Å². The predicted molar refractivity (Wildman–Crippen MR) is 172 cm³/mol. The summed E-state index contributed by atoms with van der Waals surface area (Å²) in [6.07, 6.45) is 35.1. The first kappa shape index (κ1) is 38.4. The number of hydrogen-bond donors (Lipinski definition) is 0. The van der Waals surface area contributed by atoms with E-state index in [-0.39, 0.29) is 0 Å². The van der Waals surface area contributed by atoms with Crippen LogP contribution < -0.4 is 0 Å². The van der Waals surface area contributed by atoms with Gasteiger partial charge in [-0.05, 0) is 33.6 Å². The van der Waals surface area contributed by atoms with Crippen molar-refractivity contribution in [2.45, 2.75) is 187 Å². The molecule has 0 saturated carbocycles. The fourth-order valence-corrected chi connectivity index (χ4v) is 8.38. The quantitative estimate of drug-likeness (QED) is 0.0441. The summed E-state index contributed by atoms with van der Waals surface area (Å²) in [6.45, 7) is 8.17. The maximum atomic E-state index is 5.96. The Morgan fingerprint density at radius 3 is 0.763 bits per heavy atom. The molecule has 0 aromatic rings. The van der Waals surface area contributed by atoms with E-state index >= 15 is 0 Å². The molecule has 0 aromatic carbocycles. The molecule has 3 nitrogen and oxygen atoms in total. The Morgan fingerprint density at radius 1 is 0.342 bits per heavy atom. The lowest BCUT2D eigenvalue weighted by molar-refractivity contribution is 0.0706. The van der Waals surface area contributed by atoms with Gasteiger partial charge in [-0.2, -0.15) is 0 Å². The summed E-state index contributed by atoms with van der Waals surface area (Å²) in [5, 5.41) is 0. The average molecular weight is 577 g/mol. The second kappa shape index (κ2) is 31.9. The molecule has 0 spiro atoms. The number of halogens is 1. The second-order valence-electron chi connectivity index (χ2n) is 11.3. The fraction of sp³-hybridized carbons (Fsp3) is 1.00. The summed E-state index contributed by atoms with van der Waals surface area (Å²) in [4.78, 5) is 0. The highest BCUT2D eigenvalue weighted by molar-refractivity contribution is 6.60. The molecule has 0 unspecified atom stereocenters. The Bertz CT molecular complexity index is 421. The van der Waals surface area contributed by atoms with Crippen molar-refractivity contribution >= 4 is 20.4 Å². The standard InChI is InChI=1S/C33H69ClO3Si/c1-4-35-38(36-5-2,37-6-3)33-31-29-27-25-23-21-19-17-15-13-11-9-7-8-10-12-14-16-18-20-22-24-26-28-30-32-34/h4-33H2,1-3H3. The maximum Gasteiger partial charge on any atom is 0.500 e. The van der Waals surface area contributed by atoms with E-state index in [1.807, 2.05) is 20.8 Å². The third-order valence-corrected chi connectivity index (χ3v) is 11.1. The summed E-state index contributed by atoms with van der Waals surface area (Å²) >= 11 is 5.72. The van der Waals surface area contributed by atoms with Gasteiger partial charge in [-0.3, -0.25) is 0 Å². The second-order valence-corrected chi connectivity index (χ2v) is 14.4. The van der Waals surface area contributed by atoms with Gasteiger partial charge in [0.05, 0.1) is 0 Å². The van der Waals surface area contributed by atoms with Crippen LogP contribution in [0, 0.1) is 0 Å². The number of unbranched alkanes of at least 4 members (excludes halogenated alkanes) is 24. The van der Waals surface area contributed by atoms with Gasteiger partial charge in [-0.1, -0.05) is 148 Å². The highest BCUT2D eigenvalue weighted by Gasteiger charge is 2.39. The van der Waals surface area contributed by atoms with Gasteiger partial charge in [0.1, 0.15) is 0 Å². The minimum Gasteiger partial charge on any atom is -0.374 e. The highest BCUT2D eigenvalue weighted by Crippen LogP contribution is 2.21. The molecule has 0 radical (unpaired) electrons. The van der Waals surface area contributed by atoms with Crippen molar-refractivity contribution in [3.8, 4) is 0 Å². The number of alkyl halides is 1. The van der Waals surface area contributed by atoms with Crippen LogP contribution in [0.1, 0.15) is 181 Å². The van der Waals surface area contributed by atoms with E-state index in [1.54, 1.807) is 0 Å². The van der Waals surface area contributed by atoms with Crippen LogP contribution in [0.2, 0.25) is 6.04 Å². The van der Waals surface area contributed by atoms with Gasteiger partial charge < -0.3 is 13.3 Å². The smallest absolute Gasteiger partial charge is 0.374 e. The summed E-state index contributed by atoms with van der Waals surface area (Å²) in [6, 6.07) is 0.971. The van der Waals surface area contributed by atoms with Crippen molar-refractivity contribution in [3.05, 3.63) is 0 Å². The monoisotopic (exact) mass is 576 g/mol. The molecule has 0 fully saturated rings. The van der Waals surface area contributed by atoms with Crippen molar-refractivity contribution in [1.82, 2.24) is 0 Å². The normalized spacial score (nSPS) is 12.0. The van der Waals surface area contributed by atoms with Crippen LogP contribution in [-0.4, -0.2) is 34.5 Å². The van der Waals surface area contributed by atoms with Gasteiger partial charge >= 0.3 is 8.80 Å². The molecular formula is C33H69ClO3Si. The van der Waals surface area contributed by atoms with Gasteiger partial charge in [0.25, 0.3) is 0 Å². The molecule has 0 aromatic heterocycles. The summed E-state index contributed by atoms with van der Waals surface area (Å²) in [7, 11) is -2.42. The molecule has 0 atom stereocenters. The molecule has 0 rings (SSSR count). The largest absolute Gasteiger partial charge is 0.500 e. The minimum atomic E-state index is -2.42. The van der Waals surface area contributed by atoms with E-state index in [0.29, 0.717) is 19.8 Å². The first-order valence-electron chi connectivity index (χ1n) is 17.2. The highest BCUT2D eigenvalue weighted by atomic mass is 35.5. The molecule has 230 valence electrons. The molecule has 0 saturated heterocycles. The van der Waals surface area contributed by atoms with Crippen molar-refractivity contribution in [3.63, 3.8) is 0 Å². The summed E-state index contributed by atoms with van der Waals surface area (Å²) < 4.78 is 17.9. The van der Waals surface area contributed by atoms with Gasteiger partial charge in [-0.15, -0.1) is 11.6 Å². The van der Waals surface area contributed by atoms with E-state index < -0.39 is 8.80 Å². The van der Waals surface area contributed by atoms with E-state index in [4.69, 9.17) is 24.9 Å². The first-order chi connectivity index (χ1) is 18.7. The number of rotatable bonds is 33. The summed E-state index contributed by atoms with van der Waals surface area (Å²) in [5.74, 6) is 0.840. The minimum absolute atomic E-state index is 0.684. The Balaban J connectivity index is 3.28. The third-order valence-electron chi connectivity index (χ3n) is 7.71. The fourth-order valence-electron chi connectivity index (χ4n) is 5.50. The lowest BCUT2D eigenvalue weighted by Crippen LogP contribution is -2.45. The van der Waals surface area contributed by atoms with Crippen LogP contribution in [0.15, 0.2) is 0 Å². The van der Waals surface area contributed by atoms with Gasteiger partial charge in [-0.25, -0.2) is 0 Å². The van der Waals surface area contributed by atoms with Crippen LogP contribution in [0.25, 0.3) is 0 Å². The molecule has 0 aliphatic carbocycles. The molecule has 0 amide bonds. The SMILES string of the molecule is CCO[Si](CCCCCCCCCCCCCCCCCCCCCCCCCCCCl)(OCC)OCC. The Labute approximate surface area is 246 Å². The molecule has 0 aliphatic heterocycles. The van der Waals surface area contributed by atoms with Gasteiger partial charge in [0.15, 0.2) is 0 Å². The van der Waals surface area contributed by atoms with Crippen LogP contribution in [0.5, 0.6) is 0 Å². The molecule has 0 aliphatic rings. The Morgan fingerprint density at radius 2 is 0.553 bits per heavy atom.